The highest BCUT2D eigenvalue weighted by atomic mass is 16.5. The summed E-state index contributed by atoms with van der Waals surface area (Å²) in [7, 11) is 0. The molecule has 0 aliphatic heterocycles. The van der Waals surface area contributed by atoms with Crippen LogP contribution in [0.2, 0.25) is 0 Å². The third kappa shape index (κ3) is 4.70. The highest BCUT2D eigenvalue weighted by Gasteiger charge is 2.06. The lowest BCUT2D eigenvalue weighted by Crippen LogP contribution is -2.03. The molecule has 1 rings (SSSR count). The first-order valence-corrected chi connectivity index (χ1v) is 6.25. The van der Waals surface area contributed by atoms with Gasteiger partial charge < -0.3 is 4.74 Å². The molecular weight excluding hydrogens is 228 g/mol. The number of carbonyl (C=O) groups is 2. The summed E-state index contributed by atoms with van der Waals surface area (Å²) in [5, 5.41) is 0. The molecule has 1 aromatic rings. The number of rotatable bonds is 6. The van der Waals surface area contributed by atoms with E-state index in [4.69, 9.17) is 4.74 Å². The number of hydrogen-bond donors (Lipinski definition) is 0. The second-order valence-electron chi connectivity index (χ2n) is 4.56. The highest BCUT2D eigenvalue weighted by Crippen LogP contribution is 2.21. The fourth-order valence-electron chi connectivity index (χ4n) is 1.82. The normalized spacial score (nSPS) is 11.9. The van der Waals surface area contributed by atoms with Gasteiger partial charge in [-0.2, -0.15) is 0 Å². The van der Waals surface area contributed by atoms with Crippen molar-refractivity contribution in [2.75, 3.05) is 6.61 Å². The molecule has 1 aromatic carbocycles. The number of hydrogen-bond acceptors (Lipinski definition) is 3. The zero-order chi connectivity index (χ0) is 13.5. The zero-order valence-electron chi connectivity index (χ0n) is 11.2. The Morgan fingerprint density at radius 2 is 1.78 bits per heavy atom. The second kappa shape index (κ2) is 6.94. The van der Waals surface area contributed by atoms with Crippen LogP contribution < -0.4 is 0 Å². The lowest BCUT2D eigenvalue weighted by molar-refractivity contribution is -0.141. The molecule has 0 N–H and O–H groups in total. The van der Waals surface area contributed by atoms with Gasteiger partial charge >= 0.3 is 5.97 Å². The predicted octanol–water partition coefficient (Wildman–Crippen LogP) is 3.34. The summed E-state index contributed by atoms with van der Waals surface area (Å²) in [4.78, 5) is 21.8. The molecule has 0 saturated carbocycles. The van der Waals surface area contributed by atoms with E-state index in [2.05, 4.69) is 6.92 Å². The van der Waals surface area contributed by atoms with Gasteiger partial charge in [0.05, 0.1) is 6.61 Å². The van der Waals surface area contributed by atoms with Gasteiger partial charge in [0.15, 0.2) is 5.78 Å². The van der Waals surface area contributed by atoms with Crippen molar-refractivity contribution in [3.63, 3.8) is 0 Å². The topological polar surface area (TPSA) is 43.4 Å². The molecule has 0 aromatic heterocycles. The molecule has 0 aliphatic rings. The van der Waals surface area contributed by atoms with E-state index in [1.54, 1.807) is 6.92 Å². The second-order valence-corrected chi connectivity index (χ2v) is 4.56. The summed E-state index contributed by atoms with van der Waals surface area (Å²) in [5.74, 6) is 0.263. The zero-order valence-corrected chi connectivity index (χ0v) is 11.2. The first kappa shape index (κ1) is 14.4. The number of benzene rings is 1. The van der Waals surface area contributed by atoms with E-state index in [9.17, 15) is 9.59 Å². The Hall–Kier alpha value is -1.64. The average molecular weight is 248 g/mol. The molecule has 98 valence electrons. The molecule has 0 saturated heterocycles. The van der Waals surface area contributed by atoms with E-state index in [0.717, 1.165) is 18.4 Å². The van der Waals surface area contributed by atoms with Crippen molar-refractivity contribution in [2.24, 2.45) is 0 Å². The predicted molar refractivity (Wildman–Crippen MR) is 70.7 cm³/mol. The molecule has 1 atom stereocenters. The first-order valence-electron chi connectivity index (χ1n) is 6.25. The van der Waals surface area contributed by atoms with Crippen LogP contribution in [0.3, 0.4) is 0 Å². The van der Waals surface area contributed by atoms with E-state index < -0.39 is 0 Å². The summed E-state index contributed by atoms with van der Waals surface area (Å²) in [5.41, 5.74) is 1.95. The lowest BCUT2D eigenvalue weighted by atomic mass is 9.95. The van der Waals surface area contributed by atoms with Crippen molar-refractivity contribution in [2.45, 2.75) is 39.5 Å². The molecule has 3 nitrogen and oxygen atoms in total. The molecule has 0 radical (unpaired) electrons. The summed E-state index contributed by atoms with van der Waals surface area (Å²) >= 11 is 0. The molecule has 3 heteroatoms. The smallest absolute Gasteiger partial charge is 0.302 e. The standard InChI is InChI=1S/C15H20O3/c1-11(5-4-10-18-13(3)17)14-6-8-15(9-7-14)12(2)16/h6-9,11H,4-5,10H2,1-3H3. The molecule has 0 spiro atoms. The Morgan fingerprint density at radius 3 is 2.28 bits per heavy atom. The molecule has 0 bridgehead atoms. The maximum atomic E-state index is 11.2. The number of carbonyl (C=O) groups excluding carboxylic acids is 2. The van der Waals surface area contributed by atoms with Crippen molar-refractivity contribution < 1.29 is 14.3 Å². The van der Waals surface area contributed by atoms with E-state index >= 15 is 0 Å². The Balaban J connectivity index is 2.44. The van der Waals surface area contributed by atoms with Crippen LogP contribution in [0.4, 0.5) is 0 Å². The van der Waals surface area contributed by atoms with Gasteiger partial charge in [-0.25, -0.2) is 0 Å². The van der Waals surface area contributed by atoms with Crippen molar-refractivity contribution >= 4 is 11.8 Å². The van der Waals surface area contributed by atoms with Crippen LogP contribution >= 0.6 is 0 Å². The highest BCUT2D eigenvalue weighted by molar-refractivity contribution is 5.94. The molecule has 18 heavy (non-hydrogen) atoms. The maximum Gasteiger partial charge on any atom is 0.302 e. The third-order valence-corrected chi connectivity index (χ3v) is 2.97. The van der Waals surface area contributed by atoms with Crippen molar-refractivity contribution in [1.29, 1.82) is 0 Å². The van der Waals surface area contributed by atoms with E-state index in [-0.39, 0.29) is 11.8 Å². The van der Waals surface area contributed by atoms with Gasteiger partial charge in [-0.15, -0.1) is 0 Å². The first-order chi connectivity index (χ1) is 8.50. The number of ketones is 1. The van der Waals surface area contributed by atoms with Gasteiger partial charge in [0.2, 0.25) is 0 Å². The van der Waals surface area contributed by atoms with Crippen molar-refractivity contribution in [3.8, 4) is 0 Å². The quantitative estimate of drug-likeness (QED) is 0.440. The van der Waals surface area contributed by atoms with Crippen molar-refractivity contribution in [3.05, 3.63) is 35.4 Å². The number of Topliss-reactive ketones (excluding diaryl/α,β-unsaturated/α-hetero) is 1. The SMILES string of the molecule is CC(=O)OCCCC(C)c1ccc(C(C)=O)cc1. The molecule has 0 aliphatic carbocycles. The summed E-state index contributed by atoms with van der Waals surface area (Å²) in [6, 6.07) is 7.71. The molecule has 0 fully saturated rings. The van der Waals surface area contributed by atoms with Gasteiger partial charge in [0.1, 0.15) is 0 Å². The van der Waals surface area contributed by atoms with Crippen LogP contribution in [-0.4, -0.2) is 18.4 Å². The monoisotopic (exact) mass is 248 g/mol. The molecule has 0 amide bonds. The van der Waals surface area contributed by atoms with Gasteiger partial charge in [0.25, 0.3) is 0 Å². The van der Waals surface area contributed by atoms with Gasteiger partial charge in [-0.3, -0.25) is 9.59 Å². The minimum atomic E-state index is -0.228. The van der Waals surface area contributed by atoms with Gasteiger partial charge in [-0.05, 0) is 31.2 Å². The molecular formula is C15H20O3. The molecule has 0 heterocycles. The summed E-state index contributed by atoms with van der Waals surface area (Å²) < 4.78 is 4.90. The van der Waals surface area contributed by atoms with E-state index in [0.29, 0.717) is 12.5 Å². The maximum absolute atomic E-state index is 11.2. The van der Waals surface area contributed by atoms with Gasteiger partial charge in [-0.1, -0.05) is 31.2 Å². The van der Waals surface area contributed by atoms with E-state index in [1.807, 2.05) is 24.3 Å². The largest absolute Gasteiger partial charge is 0.466 e. The molecule has 1 unspecified atom stereocenters. The number of ether oxygens (including phenoxy) is 1. The fourth-order valence-corrected chi connectivity index (χ4v) is 1.82. The summed E-state index contributed by atoms with van der Waals surface area (Å²) in [6.45, 7) is 5.60. The van der Waals surface area contributed by atoms with Gasteiger partial charge in [0, 0.05) is 12.5 Å². The number of esters is 1. The fraction of sp³-hybridized carbons (Fsp3) is 0.467. The van der Waals surface area contributed by atoms with Crippen LogP contribution in [0.5, 0.6) is 0 Å². The van der Waals surface area contributed by atoms with Crippen LogP contribution in [-0.2, 0) is 9.53 Å². The Labute approximate surface area is 108 Å². The Kier molecular flexibility index (Phi) is 5.56. The average Bonchev–Trinajstić information content (AvgIpc) is 2.34. The van der Waals surface area contributed by atoms with Crippen molar-refractivity contribution in [1.82, 2.24) is 0 Å². The lowest BCUT2D eigenvalue weighted by Gasteiger charge is -2.12. The Morgan fingerprint density at radius 1 is 1.17 bits per heavy atom. The van der Waals surface area contributed by atoms with Crippen LogP contribution in [0.1, 0.15) is 55.5 Å². The Bertz CT molecular complexity index is 406. The van der Waals surface area contributed by atoms with Crippen LogP contribution in [0, 0.1) is 0 Å². The minimum Gasteiger partial charge on any atom is -0.466 e. The van der Waals surface area contributed by atoms with Crippen LogP contribution in [0.25, 0.3) is 0 Å². The van der Waals surface area contributed by atoms with E-state index in [1.165, 1.54) is 12.5 Å². The minimum absolute atomic E-state index is 0.0871. The summed E-state index contributed by atoms with van der Waals surface area (Å²) in [6.07, 6.45) is 1.82. The van der Waals surface area contributed by atoms with Crippen LogP contribution in [0.15, 0.2) is 24.3 Å². The third-order valence-electron chi connectivity index (χ3n) is 2.97.